The van der Waals surface area contributed by atoms with Gasteiger partial charge in [-0.25, -0.2) is 4.79 Å². The first-order valence-corrected chi connectivity index (χ1v) is 10.6. The number of methoxy groups -OCH3 is 1. The summed E-state index contributed by atoms with van der Waals surface area (Å²) in [5, 5.41) is 0. The fraction of sp³-hybridized carbons (Fsp3) is 0.600. The van der Waals surface area contributed by atoms with Gasteiger partial charge in [0.1, 0.15) is 0 Å². The van der Waals surface area contributed by atoms with Crippen molar-refractivity contribution in [2.75, 3.05) is 44.8 Å². The number of carbonyl (C=O) groups is 2. The molecule has 0 bridgehead atoms. The molecule has 2 aliphatic heterocycles. The molecule has 1 amide bonds. The van der Waals surface area contributed by atoms with Crippen LogP contribution in [0.25, 0.3) is 0 Å². The molecule has 0 radical (unpaired) electrons. The fourth-order valence-corrected chi connectivity index (χ4v) is 4.78. The molecular weight excluding hydrogens is 348 g/mol. The molecule has 0 N–H and O–H groups in total. The molecule has 26 heavy (non-hydrogen) atoms. The van der Waals surface area contributed by atoms with Gasteiger partial charge in [0.15, 0.2) is 0 Å². The van der Waals surface area contributed by atoms with Crippen LogP contribution < -0.4 is 0 Å². The predicted molar refractivity (Wildman–Crippen MR) is 105 cm³/mol. The summed E-state index contributed by atoms with van der Waals surface area (Å²) in [6, 6.07) is 7.08. The highest BCUT2D eigenvalue weighted by Gasteiger charge is 2.28. The van der Waals surface area contributed by atoms with Gasteiger partial charge < -0.3 is 14.5 Å². The average Bonchev–Trinajstić information content (AvgIpc) is 2.93. The zero-order valence-electron chi connectivity index (χ0n) is 15.5. The molecular formula is C20H28N2O3S. The summed E-state index contributed by atoms with van der Waals surface area (Å²) in [7, 11) is 1.36. The van der Waals surface area contributed by atoms with Gasteiger partial charge in [-0.2, -0.15) is 11.8 Å². The van der Waals surface area contributed by atoms with E-state index >= 15 is 0 Å². The van der Waals surface area contributed by atoms with E-state index in [9.17, 15) is 9.59 Å². The lowest BCUT2D eigenvalue weighted by Crippen LogP contribution is -2.49. The first-order valence-electron chi connectivity index (χ1n) is 9.48. The zero-order valence-corrected chi connectivity index (χ0v) is 16.3. The smallest absolute Gasteiger partial charge is 0.337 e. The minimum absolute atomic E-state index is 0.0749. The number of thioether (sulfide) groups is 1. The summed E-state index contributed by atoms with van der Waals surface area (Å²) in [5.41, 5.74) is 1.12. The van der Waals surface area contributed by atoms with Crippen molar-refractivity contribution in [3.8, 4) is 0 Å². The van der Waals surface area contributed by atoms with E-state index in [1.165, 1.54) is 26.4 Å². The Labute approximate surface area is 160 Å². The van der Waals surface area contributed by atoms with Crippen LogP contribution in [0, 0.1) is 0 Å². The second-order valence-corrected chi connectivity index (χ2v) is 8.16. The molecule has 0 saturated carbocycles. The summed E-state index contributed by atoms with van der Waals surface area (Å²) < 4.78 is 4.73. The number of hydrogen-bond acceptors (Lipinski definition) is 5. The molecule has 0 spiro atoms. The van der Waals surface area contributed by atoms with E-state index in [-0.39, 0.29) is 17.9 Å². The van der Waals surface area contributed by atoms with Gasteiger partial charge >= 0.3 is 5.97 Å². The Kier molecular flexibility index (Phi) is 6.97. The standard InChI is InChI=1S/C20H28N2O3S/c1-25-20(24)17-8-6-16(7-9-17)19(23)22-12-5-13-26-15-18(22)14-21-10-3-2-4-11-21/h6-9,18H,2-5,10-15H2,1H3. The maximum absolute atomic E-state index is 13.1. The average molecular weight is 377 g/mol. The number of nitrogens with zero attached hydrogens (tertiary/aromatic N) is 2. The molecule has 3 rings (SSSR count). The quantitative estimate of drug-likeness (QED) is 0.757. The third kappa shape index (κ3) is 4.80. The summed E-state index contributed by atoms with van der Waals surface area (Å²) in [6.07, 6.45) is 4.89. The molecule has 1 aromatic carbocycles. The van der Waals surface area contributed by atoms with E-state index < -0.39 is 0 Å². The lowest BCUT2D eigenvalue weighted by Gasteiger charge is -2.35. The fourth-order valence-electron chi connectivity index (χ4n) is 3.72. The zero-order chi connectivity index (χ0) is 18.4. The number of amides is 1. The highest BCUT2D eigenvalue weighted by Crippen LogP contribution is 2.21. The Hall–Kier alpha value is -1.53. The maximum atomic E-state index is 13.1. The molecule has 2 heterocycles. The van der Waals surface area contributed by atoms with Crippen molar-refractivity contribution in [1.82, 2.24) is 9.80 Å². The van der Waals surface area contributed by atoms with Crippen molar-refractivity contribution in [2.24, 2.45) is 0 Å². The van der Waals surface area contributed by atoms with Crippen LogP contribution in [0.3, 0.4) is 0 Å². The Balaban J connectivity index is 1.71. The number of hydrogen-bond donors (Lipinski definition) is 0. The van der Waals surface area contributed by atoms with Crippen LogP contribution >= 0.6 is 11.8 Å². The number of benzene rings is 1. The molecule has 1 aromatic rings. The van der Waals surface area contributed by atoms with Crippen LogP contribution in [0.15, 0.2) is 24.3 Å². The third-order valence-electron chi connectivity index (χ3n) is 5.17. The highest BCUT2D eigenvalue weighted by atomic mass is 32.2. The van der Waals surface area contributed by atoms with Crippen LogP contribution in [0.5, 0.6) is 0 Å². The first-order chi connectivity index (χ1) is 12.7. The number of carbonyl (C=O) groups excluding carboxylic acids is 2. The van der Waals surface area contributed by atoms with Crippen molar-refractivity contribution in [3.05, 3.63) is 35.4 Å². The number of piperidine rings is 1. The second kappa shape index (κ2) is 9.42. The molecule has 2 fully saturated rings. The van der Waals surface area contributed by atoms with Gasteiger partial charge in [0, 0.05) is 24.4 Å². The molecule has 6 heteroatoms. The molecule has 5 nitrogen and oxygen atoms in total. The maximum Gasteiger partial charge on any atom is 0.337 e. The highest BCUT2D eigenvalue weighted by molar-refractivity contribution is 7.99. The molecule has 0 aromatic heterocycles. The van der Waals surface area contributed by atoms with Gasteiger partial charge in [-0.3, -0.25) is 4.79 Å². The number of ether oxygens (including phenoxy) is 1. The number of likely N-dealkylation sites (tertiary alicyclic amines) is 1. The molecule has 1 atom stereocenters. The third-order valence-corrected chi connectivity index (χ3v) is 6.37. The van der Waals surface area contributed by atoms with Crippen LogP contribution in [0.4, 0.5) is 0 Å². The summed E-state index contributed by atoms with van der Waals surface area (Å²) in [5.74, 6) is 1.81. The molecule has 0 aliphatic carbocycles. The second-order valence-electron chi connectivity index (χ2n) is 7.01. The van der Waals surface area contributed by atoms with E-state index in [0.717, 1.165) is 44.1 Å². The summed E-state index contributed by atoms with van der Waals surface area (Å²) >= 11 is 1.96. The first kappa shape index (κ1) is 19.2. The Bertz CT molecular complexity index is 614. The Morgan fingerprint density at radius 1 is 1.04 bits per heavy atom. The monoisotopic (exact) mass is 376 g/mol. The Morgan fingerprint density at radius 3 is 2.42 bits per heavy atom. The topological polar surface area (TPSA) is 49.9 Å². The van der Waals surface area contributed by atoms with E-state index in [0.29, 0.717) is 11.1 Å². The summed E-state index contributed by atoms with van der Waals surface area (Å²) in [4.78, 5) is 29.3. The van der Waals surface area contributed by atoms with Crippen LogP contribution in [0.2, 0.25) is 0 Å². The number of esters is 1. The van der Waals surface area contributed by atoms with Gasteiger partial charge in [-0.05, 0) is 62.4 Å². The van der Waals surface area contributed by atoms with Gasteiger partial charge in [0.25, 0.3) is 5.91 Å². The SMILES string of the molecule is COC(=O)c1ccc(C(=O)N2CCCSCC2CN2CCCCC2)cc1. The van der Waals surface area contributed by atoms with Crippen molar-refractivity contribution in [3.63, 3.8) is 0 Å². The van der Waals surface area contributed by atoms with Gasteiger partial charge in [-0.1, -0.05) is 6.42 Å². The summed E-state index contributed by atoms with van der Waals surface area (Å²) in [6.45, 7) is 4.08. The largest absolute Gasteiger partial charge is 0.465 e. The van der Waals surface area contributed by atoms with Crippen molar-refractivity contribution >= 4 is 23.6 Å². The molecule has 2 saturated heterocycles. The number of rotatable bonds is 4. The van der Waals surface area contributed by atoms with Crippen LogP contribution in [-0.4, -0.2) is 72.5 Å². The molecule has 1 unspecified atom stereocenters. The minimum atomic E-state index is -0.377. The minimum Gasteiger partial charge on any atom is -0.465 e. The van der Waals surface area contributed by atoms with E-state index in [4.69, 9.17) is 4.74 Å². The van der Waals surface area contributed by atoms with Crippen molar-refractivity contribution in [2.45, 2.75) is 31.7 Å². The van der Waals surface area contributed by atoms with Gasteiger partial charge in [0.2, 0.25) is 0 Å². The van der Waals surface area contributed by atoms with Crippen molar-refractivity contribution < 1.29 is 14.3 Å². The normalized spacial score (nSPS) is 21.9. The van der Waals surface area contributed by atoms with Gasteiger partial charge in [0.05, 0.1) is 18.7 Å². The van der Waals surface area contributed by atoms with Crippen LogP contribution in [0.1, 0.15) is 46.4 Å². The van der Waals surface area contributed by atoms with Gasteiger partial charge in [-0.15, -0.1) is 0 Å². The van der Waals surface area contributed by atoms with E-state index in [1.807, 2.05) is 11.8 Å². The predicted octanol–water partition coefficient (Wildman–Crippen LogP) is 2.91. The molecule has 142 valence electrons. The van der Waals surface area contributed by atoms with Crippen LogP contribution in [-0.2, 0) is 4.74 Å². The van der Waals surface area contributed by atoms with E-state index in [1.54, 1.807) is 24.3 Å². The van der Waals surface area contributed by atoms with Crippen molar-refractivity contribution in [1.29, 1.82) is 0 Å². The lowest BCUT2D eigenvalue weighted by molar-refractivity contribution is 0.0597. The lowest BCUT2D eigenvalue weighted by atomic mass is 10.1. The molecule has 2 aliphatic rings. The Morgan fingerprint density at radius 2 is 1.73 bits per heavy atom. The van der Waals surface area contributed by atoms with E-state index in [2.05, 4.69) is 9.80 Å².